The molecule has 4 nitrogen and oxygen atoms in total. The van der Waals surface area contributed by atoms with Gasteiger partial charge in [0.1, 0.15) is 11.4 Å². The van der Waals surface area contributed by atoms with Crippen LogP contribution >= 0.6 is 11.6 Å². The van der Waals surface area contributed by atoms with Crippen molar-refractivity contribution in [1.82, 2.24) is 14.8 Å². The van der Waals surface area contributed by atoms with Crippen molar-refractivity contribution in [3.63, 3.8) is 0 Å². The fourth-order valence-electron chi connectivity index (χ4n) is 2.42. The van der Waals surface area contributed by atoms with Crippen LogP contribution in [0.4, 0.5) is 0 Å². The summed E-state index contributed by atoms with van der Waals surface area (Å²) in [6.45, 7) is 4.47. The summed E-state index contributed by atoms with van der Waals surface area (Å²) in [6.07, 6.45) is 1.49. The maximum atomic E-state index is 12.7. The molecule has 2 aromatic heterocycles. The van der Waals surface area contributed by atoms with E-state index in [1.165, 1.54) is 6.20 Å². The molecular formula is C16H14ClN3O. The molecule has 0 saturated heterocycles. The van der Waals surface area contributed by atoms with E-state index in [9.17, 15) is 4.79 Å². The maximum absolute atomic E-state index is 12.7. The number of benzene rings is 1. The van der Waals surface area contributed by atoms with Crippen LogP contribution in [0.3, 0.4) is 0 Å². The predicted octanol–water partition coefficient (Wildman–Crippen LogP) is 3.64. The Labute approximate surface area is 127 Å². The molecule has 0 unspecified atom stereocenters. The molecule has 5 heteroatoms. The molecule has 0 aliphatic heterocycles. The zero-order valence-electron chi connectivity index (χ0n) is 11.8. The Kier molecular flexibility index (Phi) is 3.47. The van der Waals surface area contributed by atoms with Crippen molar-refractivity contribution in [3.8, 4) is 0 Å². The molecule has 0 N–H and O–H groups in total. The third-order valence-corrected chi connectivity index (χ3v) is 3.74. The second kappa shape index (κ2) is 5.30. The number of pyridine rings is 1. The second-order valence-corrected chi connectivity index (χ2v) is 5.23. The van der Waals surface area contributed by atoms with Crippen LogP contribution in [-0.2, 0) is 6.54 Å². The van der Waals surface area contributed by atoms with E-state index in [0.29, 0.717) is 23.0 Å². The first-order valence-electron chi connectivity index (χ1n) is 6.74. The Morgan fingerprint density at radius 3 is 2.86 bits per heavy atom. The summed E-state index contributed by atoms with van der Waals surface area (Å²) in [5.74, 6) is -0.201. The Hall–Kier alpha value is -2.20. The van der Waals surface area contributed by atoms with Crippen molar-refractivity contribution < 1.29 is 4.79 Å². The molecule has 0 spiro atoms. The summed E-state index contributed by atoms with van der Waals surface area (Å²) in [5.41, 5.74) is 2.60. The van der Waals surface area contributed by atoms with Crippen molar-refractivity contribution >= 4 is 28.3 Å². The van der Waals surface area contributed by atoms with E-state index < -0.39 is 0 Å². The monoisotopic (exact) mass is 299 g/mol. The molecule has 21 heavy (non-hydrogen) atoms. The number of aromatic nitrogens is 3. The minimum atomic E-state index is -0.201. The van der Waals surface area contributed by atoms with Gasteiger partial charge in [0.25, 0.3) is 0 Å². The summed E-state index contributed by atoms with van der Waals surface area (Å²) in [4.78, 5) is 17.2. The Morgan fingerprint density at radius 2 is 2.10 bits per heavy atom. The highest BCUT2D eigenvalue weighted by molar-refractivity contribution is 6.34. The van der Waals surface area contributed by atoms with Crippen LogP contribution in [0.25, 0.3) is 10.9 Å². The number of carbonyl (C=O) groups is 1. The summed E-state index contributed by atoms with van der Waals surface area (Å²) < 4.78 is 1.59. The summed E-state index contributed by atoms with van der Waals surface area (Å²) in [6, 6.07) is 9.56. The third-order valence-electron chi connectivity index (χ3n) is 3.47. The van der Waals surface area contributed by atoms with Crippen LogP contribution < -0.4 is 0 Å². The topological polar surface area (TPSA) is 47.8 Å². The Balaban J connectivity index is 2.16. The van der Waals surface area contributed by atoms with Crippen LogP contribution in [0.15, 0.2) is 36.5 Å². The van der Waals surface area contributed by atoms with Crippen molar-refractivity contribution in [2.24, 2.45) is 0 Å². The van der Waals surface area contributed by atoms with E-state index in [2.05, 4.69) is 10.1 Å². The highest BCUT2D eigenvalue weighted by atomic mass is 35.5. The number of hydrogen-bond acceptors (Lipinski definition) is 3. The average Bonchev–Trinajstić information content (AvgIpc) is 2.87. The number of halogens is 1. The lowest BCUT2D eigenvalue weighted by molar-refractivity contribution is 0.102. The van der Waals surface area contributed by atoms with Gasteiger partial charge in [-0.15, -0.1) is 0 Å². The number of nitrogens with zero attached hydrogens (tertiary/aromatic N) is 3. The van der Waals surface area contributed by atoms with Gasteiger partial charge in [-0.3, -0.25) is 9.48 Å². The van der Waals surface area contributed by atoms with E-state index in [0.717, 1.165) is 16.5 Å². The quantitative estimate of drug-likeness (QED) is 0.694. The number of hydrogen-bond donors (Lipinski definition) is 0. The van der Waals surface area contributed by atoms with Gasteiger partial charge in [-0.25, -0.2) is 4.98 Å². The third kappa shape index (κ3) is 2.32. The molecule has 0 saturated carbocycles. The number of para-hydroxylation sites is 1. The number of ketones is 1. The predicted molar refractivity (Wildman–Crippen MR) is 82.8 cm³/mol. The minimum Gasteiger partial charge on any atom is -0.285 e. The van der Waals surface area contributed by atoms with Gasteiger partial charge in [-0.2, -0.15) is 5.10 Å². The molecule has 2 heterocycles. The lowest BCUT2D eigenvalue weighted by atomic mass is 10.1. The fourth-order valence-corrected chi connectivity index (χ4v) is 2.64. The van der Waals surface area contributed by atoms with Crippen LogP contribution in [-0.4, -0.2) is 20.5 Å². The van der Waals surface area contributed by atoms with Crippen LogP contribution in [0.2, 0.25) is 5.02 Å². The lowest BCUT2D eigenvalue weighted by Gasteiger charge is -2.07. The summed E-state index contributed by atoms with van der Waals surface area (Å²) in [7, 11) is 0. The Bertz CT molecular complexity index is 839. The van der Waals surface area contributed by atoms with Crippen molar-refractivity contribution in [3.05, 3.63) is 58.5 Å². The zero-order valence-corrected chi connectivity index (χ0v) is 12.6. The normalized spacial score (nSPS) is 11.0. The molecule has 1 aromatic carbocycles. The van der Waals surface area contributed by atoms with Gasteiger partial charge in [-0.05, 0) is 31.5 Å². The largest absolute Gasteiger partial charge is 0.285 e. The average molecular weight is 300 g/mol. The van der Waals surface area contributed by atoms with Crippen LogP contribution in [0.5, 0.6) is 0 Å². The van der Waals surface area contributed by atoms with E-state index >= 15 is 0 Å². The SMILES string of the molecule is CCn1ncc(Cl)c1C(=O)c1cc(C)c2ccccc2n1. The summed E-state index contributed by atoms with van der Waals surface area (Å²) >= 11 is 6.09. The van der Waals surface area contributed by atoms with Gasteiger partial charge in [0.2, 0.25) is 5.78 Å². The fraction of sp³-hybridized carbons (Fsp3) is 0.188. The first-order valence-corrected chi connectivity index (χ1v) is 7.12. The molecular weight excluding hydrogens is 286 g/mol. The van der Waals surface area contributed by atoms with Gasteiger partial charge in [0.05, 0.1) is 16.7 Å². The van der Waals surface area contributed by atoms with Crippen molar-refractivity contribution in [2.45, 2.75) is 20.4 Å². The number of fused-ring (bicyclic) bond motifs is 1. The molecule has 0 bridgehead atoms. The molecule has 0 amide bonds. The van der Waals surface area contributed by atoms with Crippen molar-refractivity contribution in [1.29, 1.82) is 0 Å². The van der Waals surface area contributed by atoms with Crippen LogP contribution in [0, 0.1) is 6.92 Å². The summed E-state index contributed by atoms with van der Waals surface area (Å²) in [5, 5.41) is 5.50. The maximum Gasteiger partial charge on any atom is 0.230 e. The lowest BCUT2D eigenvalue weighted by Crippen LogP contribution is -2.12. The van der Waals surface area contributed by atoms with Gasteiger partial charge in [0, 0.05) is 11.9 Å². The number of rotatable bonds is 3. The molecule has 0 fully saturated rings. The van der Waals surface area contributed by atoms with E-state index in [1.807, 2.05) is 38.1 Å². The minimum absolute atomic E-state index is 0.201. The molecule has 0 radical (unpaired) electrons. The second-order valence-electron chi connectivity index (χ2n) is 4.83. The molecule has 0 aliphatic rings. The first kappa shape index (κ1) is 13.8. The standard InChI is InChI=1S/C16H14ClN3O/c1-3-20-15(12(17)9-18-20)16(21)14-8-10(2)11-6-4-5-7-13(11)19-14/h4-9H,3H2,1-2H3. The first-order chi connectivity index (χ1) is 10.1. The highest BCUT2D eigenvalue weighted by Crippen LogP contribution is 2.22. The smallest absolute Gasteiger partial charge is 0.230 e. The van der Waals surface area contributed by atoms with Gasteiger partial charge in [-0.1, -0.05) is 29.8 Å². The molecule has 0 aliphatic carbocycles. The molecule has 106 valence electrons. The van der Waals surface area contributed by atoms with Gasteiger partial charge in [0.15, 0.2) is 0 Å². The number of aryl methyl sites for hydroxylation is 2. The number of carbonyl (C=O) groups excluding carboxylic acids is 1. The van der Waals surface area contributed by atoms with E-state index in [-0.39, 0.29) is 5.78 Å². The zero-order chi connectivity index (χ0) is 15.0. The highest BCUT2D eigenvalue weighted by Gasteiger charge is 2.20. The van der Waals surface area contributed by atoms with Gasteiger partial charge < -0.3 is 0 Å². The van der Waals surface area contributed by atoms with Crippen molar-refractivity contribution in [2.75, 3.05) is 0 Å². The Morgan fingerprint density at radius 1 is 1.33 bits per heavy atom. The van der Waals surface area contributed by atoms with E-state index in [1.54, 1.807) is 10.7 Å². The van der Waals surface area contributed by atoms with Gasteiger partial charge >= 0.3 is 0 Å². The molecule has 3 aromatic rings. The van der Waals surface area contributed by atoms with E-state index in [4.69, 9.17) is 11.6 Å². The molecule has 0 atom stereocenters. The molecule has 3 rings (SSSR count). The van der Waals surface area contributed by atoms with Crippen LogP contribution in [0.1, 0.15) is 28.7 Å².